The maximum atomic E-state index is 12.4. The molecule has 6 heteroatoms. The summed E-state index contributed by atoms with van der Waals surface area (Å²) in [6.07, 6.45) is 1.70. The second kappa shape index (κ2) is 5.23. The number of aryl methyl sites for hydroxylation is 2. The lowest BCUT2D eigenvalue weighted by Gasteiger charge is -2.17. The number of hydrogen-bond donors (Lipinski definition) is 0. The summed E-state index contributed by atoms with van der Waals surface area (Å²) in [6.45, 7) is 1.80. The third kappa shape index (κ3) is 2.74. The second-order valence-electron chi connectivity index (χ2n) is 4.26. The first-order valence-electron chi connectivity index (χ1n) is 5.63. The number of rotatable bonds is 2. The predicted molar refractivity (Wildman–Crippen MR) is 77.1 cm³/mol. The minimum absolute atomic E-state index is 0.135. The first kappa shape index (κ1) is 13.9. The highest BCUT2D eigenvalue weighted by Gasteiger charge is 2.18. The van der Waals surface area contributed by atoms with Crippen molar-refractivity contribution < 1.29 is 4.79 Å². The van der Waals surface area contributed by atoms with Crippen LogP contribution in [0.1, 0.15) is 16.1 Å². The molecule has 1 amide bonds. The molecule has 0 fully saturated rings. The second-order valence-corrected chi connectivity index (χ2v) is 5.08. The molecule has 0 spiro atoms. The molecule has 0 unspecified atom stereocenters. The monoisotopic (exact) mass is 297 g/mol. The van der Waals surface area contributed by atoms with Crippen molar-refractivity contribution in [1.29, 1.82) is 0 Å². The van der Waals surface area contributed by atoms with E-state index in [-0.39, 0.29) is 5.91 Å². The Bertz CT molecular complexity index is 637. The number of hydrogen-bond acceptors (Lipinski definition) is 2. The van der Waals surface area contributed by atoms with Crippen molar-refractivity contribution in [3.63, 3.8) is 0 Å². The van der Waals surface area contributed by atoms with Crippen molar-refractivity contribution in [3.8, 4) is 0 Å². The Morgan fingerprint density at radius 3 is 2.53 bits per heavy atom. The van der Waals surface area contributed by atoms with Crippen LogP contribution >= 0.6 is 23.2 Å². The van der Waals surface area contributed by atoms with Gasteiger partial charge in [-0.2, -0.15) is 5.10 Å². The van der Waals surface area contributed by atoms with Crippen LogP contribution in [0.3, 0.4) is 0 Å². The highest BCUT2D eigenvalue weighted by molar-refractivity contribution is 6.42. The van der Waals surface area contributed by atoms with Gasteiger partial charge in [-0.25, -0.2) is 0 Å². The van der Waals surface area contributed by atoms with Crippen LogP contribution in [-0.2, 0) is 7.05 Å². The van der Waals surface area contributed by atoms with E-state index in [1.54, 1.807) is 50.1 Å². The van der Waals surface area contributed by atoms with Gasteiger partial charge in [0.15, 0.2) is 0 Å². The maximum Gasteiger partial charge on any atom is 0.261 e. The molecule has 0 saturated heterocycles. The van der Waals surface area contributed by atoms with Gasteiger partial charge in [0.1, 0.15) is 0 Å². The lowest BCUT2D eigenvalue weighted by atomic mass is 10.2. The van der Waals surface area contributed by atoms with Crippen molar-refractivity contribution in [1.82, 2.24) is 9.78 Å². The van der Waals surface area contributed by atoms with Crippen LogP contribution in [0.5, 0.6) is 0 Å². The summed E-state index contributed by atoms with van der Waals surface area (Å²) in [5, 5.41) is 5.04. The number of carbonyl (C=O) groups excluding carboxylic acids is 1. The Kier molecular flexibility index (Phi) is 3.83. The van der Waals surface area contributed by atoms with E-state index in [0.717, 1.165) is 0 Å². The highest BCUT2D eigenvalue weighted by atomic mass is 35.5. The van der Waals surface area contributed by atoms with E-state index in [1.165, 1.54) is 4.90 Å². The van der Waals surface area contributed by atoms with Gasteiger partial charge < -0.3 is 4.90 Å². The molecule has 0 radical (unpaired) electrons. The molecule has 1 aromatic carbocycles. The quantitative estimate of drug-likeness (QED) is 0.853. The molecule has 0 aliphatic carbocycles. The zero-order chi connectivity index (χ0) is 14.2. The number of aromatic nitrogens is 2. The van der Waals surface area contributed by atoms with Gasteiger partial charge in [-0.05, 0) is 25.1 Å². The molecule has 19 heavy (non-hydrogen) atoms. The normalized spacial score (nSPS) is 10.6. The fourth-order valence-electron chi connectivity index (χ4n) is 1.80. The van der Waals surface area contributed by atoms with Crippen LogP contribution < -0.4 is 4.90 Å². The van der Waals surface area contributed by atoms with E-state index < -0.39 is 0 Å². The van der Waals surface area contributed by atoms with Gasteiger partial charge in [0, 0.05) is 26.0 Å². The van der Waals surface area contributed by atoms with E-state index in [0.29, 0.717) is 27.0 Å². The average molecular weight is 298 g/mol. The standard InChI is InChI=1S/C13H13Cl2N3O/c1-8-10(7-17(2)16-8)13(19)18(3)9-4-5-11(14)12(15)6-9/h4-7H,1-3H3. The summed E-state index contributed by atoms with van der Waals surface area (Å²) in [6, 6.07) is 5.07. The first-order chi connectivity index (χ1) is 8.90. The predicted octanol–water partition coefficient (Wildman–Crippen LogP) is 3.31. The molecule has 2 aromatic rings. The molecular formula is C13H13Cl2N3O. The molecule has 1 heterocycles. The minimum Gasteiger partial charge on any atom is -0.311 e. The lowest BCUT2D eigenvalue weighted by Crippen LogP contribution is -2.26. The van der Waals surface area contributed by atoms with Gasteiger partial charge in [0.2, 0.25) is 0 Å². The minimum atomic E-state index is -0.135. The number of amides is 1. The summed E-state index contributed by atoms with van der Waals surface area (Å²) >= 11 is 11.8. The fourth-order valence-corrected chi connectivity index (χ4v) is 2.09. The lowest BCUT2D eigenvalue weighted by molar-refractivity contribution is 0.0992. The smallest absolute Gasteiger partial charge is 0.261 e. The van der Waals surface area contributed by atoms with Gasteiger partial charge >= 0.3 is 0 Å². The summed E-state index contributed by atoms with van der Waals surface area (Å²) < 4.78 is 1.62. The number of halogens is 2. The molecular weight excluding hydrogens is 285 g/mol. The average Bonchev–Trinajstić information content (AvgIpc) is 2.70. The van der Waals surface area contributed by atoms with E-state index >= 15 is 0 Å². The molecule has 0 bridgehead atoms. The van der Waals surface area contributed by atoms with Crippen LogP contribution in [-0.4, -0.2) is 22.7 Å². The Hall–Kier alpha value is -1.52. The molecule has 1 aromatic heterocycles. The molecule has 100 valence electrons. The molecule has 4 nitrogen and oxygen atoms in total. The zero-order valence-corrected chi connectivity index (χ0v) is 12.3. The zero-order valence-electron chi connectivity index (χ0n) is 10.8. The topological polar surface area (TPSA) is 38.1 Å². The molecule has 0 saturated carbocycles. The van der Waals surface area contributed by atoms with E-state index in [9.17, 15) is 4.79 Å². The van der Waals surface area contributed by atoms with Crippen molar-refractivity contribution >= 4 is 34.8 Å². The molecule has 0 atom stereocenters. The van der Waals surface area contributed by atoms with Crippen LogP contribution in [0.15, 0.2) is 24.4 Å². The van der Waals surface area contributed by atoms with Crippen molar-refractivity contribution in [3.05, 3.63) is 45.7 Å². The molecule has 2 rings (SSSR count). The maximum absolute atomic E-state index is 12.4. The Labute approximate surface area is 121 Å². The van der Waals surface area contributed by atoms with Crippen LogP contribution in [0, 0.1) is 6.92 Å². The summed E-state index contributed by atoms with van der Waals surface area (Å²) in [5.41, 5.74) is 1.94. The van der Waals surface area contributed by atoms with Gasteiger partial charge in [0.25, 0.3) is 5.91 Å². The van der Waals surface area contributed by atoms with Gasteiger partial charge in [-0.15, -0.1) is 0 Å². The summed E-state index contributed by atoms with van der Waals surface area (Å²) in [4.78, 5) is 13.9. The first-order valence-corrected chi connectivity index (χ1v) is 6.39. The molecule has 0 aliphatic heterocycles. The van der Waals surface area contributed by atoms with E-state index in [1.807, 2.05) is 0 Å². The number of anilines is 1. The number of nitrogens with zero attached hydrogens (tertiary/aromatic N) is 3. The van der Waals surface area contributed by atoms with Gasteiger partial charge in [-0.1, -0.05) is 23.2 Å². The Morgan fingerprint density at radius 1 is 1.32 bits per heavy atom. The van der Waals surface area contributed by atoms with E-state index in [4.69, 9.17) is 23.2 Å². The van der Waals surface area contributed by atoms with Crippen molar-refractivity contribution in [2.24, 2.45) is 7.05 Å². The number of carbonyl (C=O) groups is 1. The molecule has 0 N–H and O–H groups in total. The largest absolute Gasteiger partial charge is 0.311 e. The number of benzene rings is 1. The highest BCUT2D eigenvalue weighted by Crippen LogP contribution is 2.27. The third-order valence-electron chi connectivity index (χ3n) is 2.84. The van der Waals surface area contributed by atoms with Crippen molar-refractivity contribution in [2.75, 3.05) is 11.9 Å². The SMILES string of the molecule is Cc1nn(C)cc1C(=O)N(C)c1ccc(Cl)c(Cl)c1. The van der Waals surface area contributed by atoms with Gasteiger partial charge in [0.05, 0.1) is 21.3 Å². The van der Waals surface area contributed by atoms with Crippen LogP contribution in [0.25, 0.3) is 0 Å². The van der Waals surface area contributed by atoms with E-state index in [2.05, 4.69) is 5.10 Å². The third-order valence-corrected chi connectivity index (χ3v) is 3.58. The fraction of sp³-hybridized carbons (Fsp3) is 0.231. The van der Waals surface area contributed by atoms with Crippen LogP contribution in [0.2, 0.25) is 10.0 Å². The Morgan fingerprint density at radius 2 is 2.00 bits per heavy atom. The van der Waals surface area contributed by atoms with Gasteiger partial charge in [-0.3, -0.25) is 9.48 Å². The van der Waals surface area contributed by atoms with Crippen LogP contribution in [0.4, 0.5) is 5.69 Å². The summed E-state index contributed by atoms with van der Waals surface area (Å²) in [7, 11) is 3.47. The molecule has 0 aliphatic rings. The van der Waals surface area contributed by atoms with Crippen molar-refractivity contribution in [2.45, 2.75) is 6.92 Å². The Balaban J connectivity index is 2.33. The summed E-state index contributed by atoms with van der Waals surface area (Å²) in [5.74, 6) is -0.135.